The second-order valence-electron chi connectivity index (χ2n) is 5.10. The van der Waals surface area contributed by atoms with Gasteiger partial charge >= 0.3 is 5.97 Å². The summed E-state index contributed by atoms with van der Waals surface area (Å²) >= 11 is 0. The fourth-order valence-electron chi connectivity index (χ4n) is 2.21. The first-order chi connectivity index (χ1) is 8.81. The number of rotatable bonds is 3. The molecule has 0 saturated heterocycles. The number of hydrogen-bond donors (Lipinski definition) is 1. The molecule has 1 aliphatic heterocycles. The van der Waals surface area contributed by atoms with Gasteiger partial charge < -0.3 is 5.11 Å². The van der Waals surface area contributed by atoms with Gasteiger partial charge in [0.15, 0.2) is 0 Å². The molecule has 1 aromatic rings. The molecule has 2 rings (SSSR count). The van der Waals surface area contributed by atoms with Gasteiger partial charge in [-0.3, -0.25) is 14.5 Å². The highest BCUT2D eigenvalue weighted by Gasteiger charge is 2.52. The minimum Gasteiger partial charge on any atom is -0.479 e. The first-order valence-electron chi connectivity index (χ1n) is 6.03. The van der Waals surface area contributed by atoms with Crippen molar-refractivity contribution in [3.63, 3.8) is 0 Å². The predicted molar refractivity (Wildman–Crippen MR) is 67.8 cm³/mol. The fraction of sp³-hybridized carbons (Fsp3) is 0.357. The Kier molecular flexibility index (Phi) is 2.92. The molecule has 1 heterocycles. The average Bonchev–Trinajstić information content (AvgIpc) is 2.61. The van der Waals surface area contributed by atoms with Crippen LogP contribution in [0.4, 0.5) is 0 Å². The quantitative estimate of drug-likeness (QED) is 0.841. The third-order valence-electron chi connectivity index (χ3n) is 3.82. The molecule has 1 aliphatic rings. The van der Waals surface area contributed by atoms with E-state index in [0.29, 0.717) is 0 Å². The maximum atomic E-state index is 12.3. The van der Waals surface area contributed by atoms with Gasteiger partial charge in [-0.2, -0.15) is 0 Å². The molecule has 0 fully saturated rings. The van der Waals surface area contributed by atoms with Crippen molar-refractivity contribution in [2.45, 2.75) is 26.3 Å². The monoisotopic (exact) mass is 261 g/mol. The zero-order valence-corrected chi connectivity index (χ0v) is 11.0. The molecule has 0 aliphatic carbocycles. The summed E-state index contributed by atoms with van der Waals surface area (Å²) in [4.78, 5) is 37.0. The lowest BCUT2D eigenvalue weighted by molar-refractivity contribution is -0.150. The van der Waals surface area contributed by atoms with Crippen LogP contribution in [0.3, 0.4) is 0 Å². The second kappa shape index (κ2) is 4.19. The van der Waals surface area contributed by atoms with Crippen LogP contribution in [0.15, 0.2) is 24.3 Å². The SMILES string of the molecule is CC(C)[C@@](C)(C(=O)O)N1C(=O)c2ccccc2C1=O. The number of carboxylic acid groups (broad SMARTS) is 1. The summed E-state index contributed by atoms with van der Waals surface area (Å²) in [6.45, 7) is 4.76. The van der Waals surface area contributed by atoms with E-state index in [1.807, 2.05) is 0 Å². The number of fused-ring (bicyclic) bond motifs is 1. The van der Waals surface area contributed by atoms with Gasteiger partial charge in [0.1, 0.15) is 5.54 Å². The molecule has 1 aromatic carbocycles. The Hall–Kier alpha value is -2.17. The Balaban J connectivity index is 2.58. The highest BCUT2D eigenvalue weighted by molar-refractivity contribution is 6.23. The van der Waals surface area contributed by atoms with Crippen LogP contribution in [-0.4, -0.2) is 33.3 Å². The van der Waals surface area contributed by atoms with E-state index in [9.17, 15) is 19.5 Å². The van der Waals surface area contributed by atoms with Crippen molar-refractivity contribution in [2.75, 3.05) is 0 Å². The van der Waals surface area contributed by atoms with Crippen LogP contribution in [0.1, 0.15) is 41.5 Å². The van der Waals surface area contributed by atoms with Gasteiger partial charge in [0, 0.05) is 0 Å². The molecule has 0 aromatic heterocycles. The molecule has 0 unspecified atom stereocenters. The summed E-state index contributed by atoms with van der Waals surface area (Å²) in [7, 11) is 0. The standard InChI is InChI=1S/C14H15NO4/c1-8(2)14(3,13(18)19)15-11(16)9-6-4-5-7-10(9)12(15)17/h4-8H,1-3H3,(H,18,19)/t14-/m0/s1. The Morgan fingerprint density at radius 1 is 1.16 bits per heavy atom. The van der Waals surface area contributed by atoms with Crippen LogP contribution in [0, 0.1) is 5.92 Å². The van der Waals surface area contributed by atoms with Crippen LogP contribution in [0.25, 0.3) is 0 Å². The first-order valence-corrected chi connectivity index (χ1v) is 6.03. The van der Waals surface area contributed by atoms with Crippen molar-refractivity contribution in [1.82, 2.24) is 4.90 Å². The van der Waals surface area contributed by atoms with Crippen molar-refractivity contribution < 1.29 is 19.5 Å². The van der Waals surface area contributed by atoms with Crippen molar-refractivity contribution in [2.24, 2.45) is 5.92 Å². The van der Waals surface area contributed by atoms with E-state index in [2.05, 4.69) is 0 Å². The highest BCUT2D eigenvalue weighted by atomic mass is 16.4. The smallest absolute Gasteiger partial charge is 0.330 e. The molecule has 0 spiro atoms. The number of benzene rings is 1. The summed E-state index contributed by atoms with van der Waals surface area (Å²) < 4.78 is 0. The Morgan fingerprint density at radius 2 is 1.58 bits per heavy atom. The largest absolute Gasteiger partial charge is 0.479 e. The van der Waals surface area contributed by atoms with Gasteiger partial charge in [0.05, 0.1) is 11.1 Å². The molecular formula is C14H15NO4. The van der Waals surface area contributed by atoms with Gasteiger partial charge in [-0.05, 0) is 25.0 Å². The normalized spacial score (nSPS) is 17.6. The molecule has 100 valence electrons. The first kappa shape index (κ1) is 13.3. The molecule has 19 heavy (non-hydrogen) atoms. The number of aliphatic carboxylic acids is 1. The molecule has 0 saturated carbocycles. The van der Waals surface area contributed by atoms with Crippen LogP contribution >= 0.6 is 0 Å². The van der Waals surface area contributed by atoms with Gasteiger partial charge in [-0.25, -0.2) is 4.79 Å². The Morgan fingerprint density at radius 3 is 1.89 bits per heavy atom. The number of carbonyl (C=O) groups is 3. The average molecular weight is 261 g/mol. The lowest BCUT2D eigenvalue weighted by atomic mass is 9.86. The summed E-state index contributed by atoms with van der Waals surface area (Å²) in [6.07, 6.45) is 0. The molecule has 0 bridgehead atoms. The van der Waals surface area contributed by atoms with E-state index >= 15 is 0 Å². The van der Waals surface area contributed by atoms with Gasteiger partial charge in [-0.1, -0.05) is 26.0 Å². The number of hydrogen-bond acceptors (Lipinski definition) is 3. The van der Waals surface area contributed by atoms with Crippen LogP contribution in [0.2, 0.25) is 0 Å². The second-order valence-corrected chi connectivity index (χ2v) is 5.10. The maximum Gasteiger partial charge on any atom is 0.330 e. The van der Waals surface area contributed by atoms with Crippen LogP contribution < -0.4 is 0 Å². The lowest BCUT2D eigenvalue weighted by Gasteiger charge is -2.36. The van der Waals surface area contributed by atoms with E-state index in [-0.39, 0.29) is 11.1 Å². The van der Waals surface area contributed by atoms with E-state index < -0.39 is 29.2 Å². The van der Waals surface area contributed by atoms with Gasteiger partial charge in [0.2, 0.25) is 0 Å². The number of carbonyl (C=O) groups excluding carboxylic acids is 2. The summed E-state index contributed by atoms with van der Waals surface area (Å²) in [5.41, 5.74) is -1.02. The van der Waals surface area contributed by atoms with Crippen molar-refractivity contribution >= 4 is 17.8 Å². The summed E-state index contributed by atoms with van der Waals surface area (Å²) in [5.74, 6) is -2.66. The molecule has 2 amide bonds. The van der Waals surface area contributed by atoms with E-state index in [1.165, 1.54) is 19.1 Å². The van der Waals surface area contributed by atoms with E-state index in [0.717, 1.165) is 4.90 Å². The molecular weight excluding hydrogens is 246 g/mol. The topological polar surface area (TPSA) is 74.7 Å². The number of nitrogens with zero attached hydrogens (tertiary/aromatic N) is 1. The Labute approximate surface area is 110 Å². The number of amides is 2. The van der Waals surface area contributed by atoms with Gasteiger partial charge in [0.25, 0.3) is 11.8 Å². The van der Waals surface area contributed by atoms with E-state index in [1.54, 1.807) is 26.0 Å². The lowest BCUT2D eigenvalue weighted by Crippen LogP contribution is -2.58. The van der Waals surface area contributed by atoms with Crippen molar-refractivity contribution in [3.8, 4) is 0 Å². The zero-order chi connectivity index (χ0) is 14.4. The minimum atomic E-state index is -1.55. The highest BCUT2D eigenvalue weighted by Crippen LogP contribution is 2.33. The maximum absolute atomic E-state index is 12.3. The van der Waals surface area contributed by atoms with Crippen molar-refractivity contribution in [1.29, 1.82) is 0 Å². The molecule has 5 nitrogen and oxygen atoms in total. The van der Waals surface area contributed by atoms with Crippen molar-refractivity contribution in [3.05, 3.63) is 35.4 Å². The van der Waals surface area contributed by atoms with E-state index in [4.69, 9.17) is 0 Å². The number of imide groups is 1. The zero-order valence-electron chi connectivity index (χ0n) is 11.0. The molecule has 0 radical (unpaired) electrons. The Bertz CT molecular complexity index is 544. The number of carboxylic acids is 1. The molecule has 1 N–H and O–H groups in total. The fourth-order valence-corrected chi connectivity index (χ4v) is 2.21. The third-order valence-corrected chi connectivity index (χ3v) is 3.82. The van der Waals surface area contributed by atoms with Crippen LogP contribution in [0.5, 0.6) is 0 Å². The minimum absolute atomic E-state index is 0.264. The molecule has 5 heteroatoms. The summed E-state index contributed by atoms with van der Waals surface area (Å²) in [6, 6.07) is 6.39. The summed E-state index contributed by atoms with van der Waals surface area (Å²) in [5, 5.41) is 9.43. The molecule has 1 atom stereocenters. The predicted octanol–water partition coefficient (Wildman–Crippen LogP) is 1.78. The van der Waals surface area contributed by atoms with Gasteiger partial charge in [-0.15, -0.1) is 0 Å². The van der Waals surface area contributed by atoms with Crippen LogP contribution in [-0.2, 0) is 4.79 Å². The third kappa shape index (κ3) is 1.65.